The summed E-state index contributed by atoms with van der Waals surface area (Å²) in [5, 5.41) is 0. The first-order valence-corrected chi connectivity index (χ1v) is 5.45. The van der Waals surface area contributed by atoms with Crippen molar-refractivity contribution >= 4 is 17.5 Å². The van der Waals surface area contributed by atoms with Crippen molar-refractivity contribution in [3.8, 4) is 11.5 Å². The molecule has 2 aliphatic heterocycles. The molecule has 0 amide bonds. The highest BCUT2D eigenvalue weighted by atomic mass is 16.5. The molecule has 0 aliphatic carbocycles. The fraction of sp³-hybridized carbons (Fsp3) is 0.143. The maximum atomic E-state index is 11.5. The van der Waals surface area contributed by atoms with E-state index in [1.807, 2.05) is 0 Å². The number of allylic oxidation sites excluding steroid dienone is 1. The monoisotopic (exact) mass is 244 g/mol. The molecule has 0 unspecified atom stereocenters. The molecule has 4 heteroatoms. The SMILES string of the molecule is C/C=C1\C(=O)Oc2cc3c(cc21)OC(=O)C3.C=C. The molecule has 0 bridgehead atoms. The molecule has 0 atom stereocenters. The quantitative estimate of drug-likeness (QED) is 0.304. The third-order valence-electron chi connectivity index (χ3n) is 2.72. The van der Waals surface area contributed by atoms with Crippen LogP contribution in [0.5, 0.6) is 11.5 Å². The van der Waals surface area contributed by atoms with Gasteiger partial charge >= 0.3 is 11.9 Å². The fourth-order valence-electron chi connectivity index (χ4n) is 1.98. The molecule has 0 N–H and O–H groups in total. The minimum atomic E-state index is -0.354. The molecule has 0 spiro atoms. The Morgan fingerprint density at radius 1 is 1.17 bits per heavy atom. The van der Waals surface area contributed by atoms with E-state index in [0.717, 1.165) is 5.56 Å². The van der Waals surface area contributed by atoms with Crippen molar-refractivity contribution in [3.05, 3.63) is 42.5 Å². The first-order chi connectivity index (χ1) is 8.69. The highest BCUT2D eigenvalue weighted by Crippen LogP contribution is 2.40. The Hall–Kier alpha value is -2.36. The number of ether oxygens (including phenoxy) is 2. The average molecular weight is 244 g/mol. The summed E-state index contributed by atoms with van der Waals surface area (Å²) in [6.45, 7) is 7.77. The molecule has 0 saturated carbocycles. The van der Waals surface area contributed by atoms with E-state index in [2.05, 4.69) is 13.2 Å². The average Bonchev–Trinajstić information content (AvgIpc) is 2.85. The molecule has 0 aromatic heterocycles. The summed E-state index contributed by atoms with van der Waals surface area (Å²) < 4.78 is 10.1. The zero-order valence-electron chi connectivity index (χ0n) is 9.99. The summed E-state index contributed by atoms with van der Waals surface area (Å²) in [6, 6.07) is 3.39. The van der Waals surface area contributed by atoms with E-state index in [1.54, 1.807) is 25.1 Å². The lowest BCUT2D eigenvalue weighted by molar-refractivity contribution is -0.132. The molecule has 3 rings (SSSR count). The van der Waals surface area contributed by atoms with Crippen molar-refractivity contribution in [2.75, 3.05) is 0 Å². The molecule has 0 radical (unpaired) electrons. The number of rotatable bonds is 0. The minimum Gasteiger partial charge on any atom is -0.426 e. The van der Waals surface area contributed by atoms with E-state index in [0.29, 0.717) is 22.6 Å². The Balaban J connectivity index is 0.000000574. The Kier molecular flexibility index (Phi) is 3.02. The van der Waals surface area contributed by atoms with Crippen molar-refractivity contribution < 1.29 is 19.1 Å². The second kappa shape index (κ2) is 4.49. The predicted molar refractivity (Wildman–Crippen MR) is 66.3 cm³/mol. The number of carbonyl (C=O) groups excluding carboxylic acids is 2. The van der Waals surface area contributed by atoms with Crippen LogP contribution >= 0.6 is 0 Å². The Morgan fingerprint density at radius 3 is 2.56 bits per heavy atom. The molecule has 92 valence electrons. The van der Waals surface area contributed by atoms with E-state index in [4.69, 9.17) is 9.47 Å². The highest BCUT2D eigenvalue weighted by Gasteiger charge is 2.31. The molecular weight excluding hydrogens is 232 g/mol. The summed E-state index contributed by atoms with van der Waals surface area (Å²) in [4.78, 5) is 22.6. The van der Waals surface area contributed by atoms with Crippen LogP contribution in [-0.4, -0.2) is 11.9 Å². The zero-order valence-corrected chi connectivity index (χ0v) is 9.99. The minimum absolute atomic E-state index is 0.241. The van der Waals surface area contributed by atoms with E-state index < -0.39 is 0 Å². The molecule has 1 aromatic carbocycles. The van der Waals surface area contributed by atoms with Crippen molar-refractivity contribution in [2.45, 2.75) is 13.3 Å². The van der Waals surface area contributed by atoms with Gasteiger partial charge in [0.25, 0.3) is 0 Å². The number of fused-ring (bicyclic) bond motifs is 2. The molecule has 0 saturated heterocycles. The number of esters is 2. The summed E-state index contributed by atoms with van der Waals surface area (Å²) in [6.07, 6.45) is 1.93. The molecule has 4 nitrogen and oxygen atoms in total. The van der Waals surface area contributed by atoms with E-state index >= 15 is 0 Å². The summed E-state index contributed by atoms with van der Waals surface area (Å²) in [5.74, 6) is 0.413. The van der Waals surface area contributed by atoms with Crippen molar-refractivity contribution in [3.63, 3.8) is 0 Å². The first-order valence-electron chi connectivity index (χ1n) is 5.45. The number of benzene rings is 1. The van der Waals surface area contributed by atoms with Gasteiger partial charge in [0.05, 0.1) is 12.0 Å². The topological polar surface area (TPSA) is 52.6 Å². The van der Waals surface area contributed by atoms with Gasteiger partial charge in [-0.25, -0.2) is 4.79 Å². The van der Waals surface area contributed by atoms with Crippen LogP contribution in [0.3, 0.4) is 0 Å². The maximum Gasteiger partial charge on any atom is 0.343 e. The van der Waals surface area contributed by atoms with Gasteiger partial charge in [0.15, 0.2) is 0 Å². The third-order valence-corrected chi connectivity index (χ3v) is 2.72. The van der Waals surface area contributed by atoms with E-state index in [-0.39, 0.29) is 18.4 Å². The Bertz CT molecular complexity index is 569. The molecule has 1 aromatic rings. The van der Waals surface area contributed by atoms with Crippen LogP contribution in [0.1, 0.15) is 18.1 Å². The Morgan fingerprint density at radius 2 is 1.89 bits per heavy atom. The molecular formula is C14H12O4. The smallest absolute Gasteiger partial charge is 0.343 e. The molecule has 0 fully saturated rings. The van der Waals surface area contributed by atoms with Gasteiger partial charge < -0.3 is 9.47 Å². The maximum absolute atomic E-state index is 11.5. The third kappa shape index (κ3) is 1.72. The Labute approximate surface area is 105 Å². The number of carbonyl (C=O) groups is 2. The molecule has 2 aliphatic rings. The normalized spacial score (nSPS) is 17.5. The van der Waals surface area contributed by atoms with Gasteiger partial charge in [0.2, 0.25) is 0 Å². The second-order valence-electron chi connectivity index (χ2n) is 3.70. The van der Waals surface area contributed by atoms with Gasteiger partial charge in [-0.05, 0) is 19.1 Å². The van der Waals surface area contributed by atoms with Gasteiger partial charge in [-0.15, -0.1) is 13.2 Å². The van der Waals surface area contributed by atoms with Gasteiger partial charge in [-0.2, -0.15) is 0 Å². The van der Waals surface area contributed by atoms with E-state index in [1.165, 1.54) is 0 Å². The van der Waals surface area contributed by atoms with Gasteiger partial charge in [-0.1, -0.05) is 6.08 Å². The highest BCUT2D eigenvalue weighted by molar-refractivity contribution is 6.21. The second-order valence-corrected chi connectivity index (χ2v) is 3.70. The molecule has 18 heavy (non-hydrogen) atoms. The standard InChI is InChI=1S/C12H8O4.C2H4/c1-2-7-8-5-9-6(4-11(13)15-9)3-10(8)16-12(7)14;1-2/h2-3,5H,4H2,1H3;1-2H2/b7-2-;. The van der Waals surface area contributed by atoms with Crippen LogP contribution in [0.2, 0.25) is 0 Å². The van der Waals surface area contributed by atoms with Crippen LogP contribution in [0.25, 0.3) is 5.57 Å². The summed E-state index contributed by atoms with van der Waals surface area (Å²) in [5.41, 5.74) is 1.98. The number of hydrogen-bond donors (Lipinski definition) is 0. The predicted octanol–water partition coefficient (Wildman–Crippen LogP) is 2.27. The van der Waals surface area contributed by atoms with Gasteiger partial charge in [-0.3, -0.25) is 4.79 Å². The van der Waals surface area contributed by atoms with Crippen LogP contribution < -0.4 is 9.47 Å². The largest absolute Gasteiger partial charge is 0.426 e. The molecule has 2 heterocycles. The number of hydrogen-bond acceptors (Lipinski definition) is 4. The van der Waals surface area contributed by atoms with Crippen LogP contribution in [0.15, 0.2) is 31.4 Å². The van der Waals surface area contributed by atoms with E-state index in [9.17, 15) is 9.59 Å². The first kappa shape index (κ1) is 12.1. The fourth-order valence-corrected chi connectivity index (χ4v) is 1.98. The lowest BCUT2D eigenvalue weighted by atomic mass is 10.0. The lowest BCUT2D eigenvalue weighted by Gasteiger charge is -2.00. The van der Waals surface area contributed by atoms with Crippen LogP contribution in [-0.2, 0) is 16.0 Å². The van der Waals surface area contributed by atoms with Crippen molar-refractivity contribution in [2.24, 2.45) is 0 Å². The van der Waals surface area contributed by atoms with Gasteiger partial charge in [0.1, 0.15) is 11.5 Å². The van der Waals surface area contributed by atoms with Crippen molar-refractivity contribution in [1.29, 1.82) is 0 Å². The van der Waals surface area contributed by atoms with Crippen LogP contribution in [0.4, 0.5) is 0 Å². The zero-order chi connectivity index (χ0) is 13.3. The van der Waals surface area contributed by atoms with Crippen LogP contribution in [0, 0.1) is 0 Å². The van der Waals surface area contributed by atoms with Gasteiger partial charge in [0, 0.05) is 11.1 Å². The summed E-state index contributed by atoms with van der Waals surface area (Å²) >= 11 is 0. The lowest BCUT2D eigenvalue weighted by Crippen LogP contribution is -2.01. The van der Waals surface area contributed by atoms with Crippen molar-refractivity contribution in [1.82, 2.24) is 0 Å². The summed E-state index contributed by atoms with van der Waals surface area (Å²) in [7, 11) is 0.